The Morgan fingerprint density at radius 1 is 1.24 bits per heavy atom. The Morgan fingerprint density at radius 2 is 2.03 bits per heavy atom. The van der Waals surface area contributed by atoms with E-state index in [2.05, 4.69) is 28.8 Å². The summed E-state index contributed by atoms with van der Waals surface area (Å²) in [6, 6.07) is 7.75. The second-order valence-corrected chi connectivity index (χ2v) is 10.4. The summed E-state index contributed by atoms with van der Waals surface area (Å²) >= 11 is 0. The quantitative estimate of drug-likeness (QED) is 0.351. The van der Waals surface area contributed by atoms with E-state index in [4.69, 9.17) is 14.7 Å². The van der Waals surface area contributed by atoms with Gasteiger partial charge in [-0.2, -0.15) is 0 Å². The highest BCUT2D eigenvalue weighted by Crippen LogP contribution is 2.34. The molecule has 1 atom stereocenters. The van der Waals surface area contributed by atoms with Crippen molar-refractivity contribution in [2.45, 2.75) is 45.6 Å². The Kier molecular flexibility index (Phi) is 7.85. The van der Waals surface area contributed by atoms with Crippen LogP contribution < -0.4 is 15.5 Å². The number of allylic oxidation sites excluding steroid dienone is 1. The fourth-order valence-corrected chi connectivity index (χ4v) is 4.66. The lowest BCUT2D eigenvalue weighted by Crippen LogP contribution is -2.38. The van der Waals surface area contributed by atoms with E-state index in [1.54, 1.807) is 6.08 Å². The molecule has 1 aliphatic rings. The summed E-state index contributed by atoms with van der Waals surface area (Å²) in [6.45, 7) is 17.1. The van der Waals surface area contributed by atoms with E-state index >= 15 is 0 Å². The Labute approximate surface area is 223 Å². The van der Waals surface area contributed by atoms with Crippen LogP contribution in [0.25, 0.3) is 22.3 Å². The van der Waals surface area contributed by atoms with Gasteiger partial charge in [-0.1, -0.05) is 24.3 Å². The molecule has 0 fully saturated rings. The number of H-pyrrole nitrogens is 1. The van der Waals surface area contributed by atoms with Gasteiger partial charge in [0.25, 0.3) is 5.91 Å². The number of para-hydroxylation sites is 1. The number of ether oxygens (including phenoxy) is 1. The highest BCUT2D eigenvalue weighted by Gasteiger charge is 2.28. The van der Waals surface area contributed by atoms with Crippen molar-refractivity contribution in [1.29, 1.82) is 0 Å². The third-order valence-electron chi connectivity index (χ3n) is 6.29. The number of hydrogen-bond donors (Lipinski definition) is 3. The largest absolute Gasteiger partial charge is 0.444 e. The number of hydrogen-bond acceptors (Lipinski definition) is 6. The zero-order chi connectivity index (χ0) is 27.4. The van der Waals surface area contributed by atoms with Crippen LogP contribution in [0.1, 0.15) is 54.9 Å². The van der Waals surface area contributed by atoms with E-state index in [1.165, 1.54) is 0 Å². The molecule has 3 aromatic rings. The number of alkyl carbamates (subject to hydrolysis) is 1. The number of carbonyl (C=O) groups is 2. The molecule has 200 valence electrons. The first-order valence-electron chi connectivity index (χ1n) is 12.8. The number of nitrogens with zero attached hydrogens (tertiary/aromatic N) is 3. The number of anilines is 1. The third kappa shape index (κ3) is 5.88. The number of aromatic nitrogens is 3. The molecule has 2 aromatic heterocycles. The summed E-state index contributed by atoms with van der Waals surface area (Å²) in [6.07, 6.45) is 3.97. The minimum Gasteiger partial charge on any atom is -0.444 e. The summed E-state index contributed by atoms with van der Waals surface area (Å²) in [5.74, 6) is 0.767. The highest BCUT2D eigenvalue weighted by molar-refractivity contribution is 6.00. The zero-order valence-electron chi connectivity index (χ0n) is 22.6. The van der Waals surface area contributed by atoms with Crippen LogP contribution in [0, 0.1) is 6.92 Å². The van der Waals surface area contributed by atoms with Crippen molar-refractivity contribution in [1.82, 2.24) is 25.6 Å². The number of carbonyl (C=O) groups excluding carboxylic acids is 2. The SMILES string of the molecule is C=CCC1CNC(=O)c2cc(-c3cccc4nc(C)c(N(CC=C)CCNC(=O)OC(C)(C)C)nc34)[nH]c21. The Hall–Kier alpha value is -4.14. The van der Waals surface area contributed by atoms with Crippen LogP contribution in [-0.4, -0.2) is 58.7 Å². The van der Waals surface area contributed by atoms with Gasteiger partial charge in [-0.15, -0.1) is 13.2 Å². The maximum absolute atomic E-state index is 12.6. The number of fused-ring (bicyclic) bond motifs is 2. The topological polar surface area (TPSA) is 112 Å². The Bertz CT molecular complexity index is 1370. The molecule has 0 aliphatic carbocycles. The molecule has 0 saturated carbocycles. The number of nitrogens with one attached hydrogen (secondary N) is 3. The highest BCUT2D eigenvalue weighted by atomic mass is 16.6. The lowest BCUT2D eigenvalue weighted by Gasteiger charge is -2.25. The van der Waals surface area contributed by atoms with Crippen LogP contribution in [0.2, 0.25) is 0 Å². The second kappa shape index (κ2) is 11.1. The monoisotopic (exact) mass is 516 g/mol. The van der Waals surface area contributed by atoms with E-state index in [0.29, 0.717) is 37.6 Å². The third-order valence-corrected chi connectivity index (χ3v) is 6.29. The first-order valence-corrected chi connectivity index (χ1v) is 12.8. The van der Waals surface area contributed by atoms with Gasteiger partial charge in [-0.05, 0) is 46.2 Å². The average molecular weight is 517 g/mol. The molecule has 0 bridgehead atoms. The number of rotatable bonds is 9. The summed E-state index contributed by atoms with van der Waals surface area (Å²) in [4.78, 5) is 40.1. The van der Waals surface area contributed by atoms with Gasteiger partial charge < -0.3 is 25.3 Å². The standard InChI is InChI=1S/C29H36N6O3/c1-7-10-19-17-31-27(36)21-16-23(33-24(19)21)20-11-9-12-22-25(20)34-26(18(3)32-22)35(14-8-2)15-13-30-28(37)38-29(4,5)6/h7-9,11-12,16,19,33H,1-2,10,13-15,17H2,3-6H3,(H,30,37)(H,31,36). The van der Waals surface area contributed by atoms with Crippen molar-refractivity contribution in [2.75, 3.05) is 31.1 Å². The first-order chi connectivity index (χ1) is 18.1. The molecule has 0 radical (unpaired) electrons. The molecule has 1 aliphatic heterocycles. The maximum atomic E-state index is 12.6. The molecule has 0 saturated heterocycles. The van der Waals surface area contributed by atoms with Crippen LogP contribution in [0.15, 0.2) is 49.6 Å². The smallest absolute Gasteiger partial charge is 0.407 e. The van der Waals surface area contributed by atoms with Crippen LogP contribution in [-0.2, 0) is 4.74 Å². The van der Waals surface area contributed by atoms with E-state index in [-0.39, 0.29) is 11.8 Å². The molecule has 9 nitrogen and oxygen atoms in total. The van der Waals surface area contributed by atoms with Crippen molar-refractivity contribution in [2.24, 2.45) is 0 Å². The fourth-order valence-electron chi connectivity index (χ4n) is 4.66. The van der Waals surface area contributed by atoms with Crippen molar-refractivity contribution in [3.8, 4) is 11.3 Å². The van der Waals surface area contributed by atoms with Gasteiger partial charge in [0.2, 0.25) is 0 Å². The summed E-state index contributed by atoms with van der Waals surface area (Å²) in [5.41, 5.74) is 4.93. The first kappa shape index (κ1) is 26.9. The minimum absolute atomic E-state index is 0.0830. The number of benzene rings is 1. The number of aromatic amines is 1. The van der Waals surface area contributed by atoms with Gasteiger partial charge in [0.15, 0.2) is 5.82 Å². The zero-order valence-corrected chi connectivity index (χ0v) is 22.6. The van der Waals surface area contributed by atoms with E-state index in [9.17, 15) is 9.59 Å². The van der Waals surface area contributed by atoms with Crippen molar-refractivity contribution in [3.63, 3.8) is 0 Å². The predicted molar refractivity (Wildman–Crippen MR) is 151 cm³/mol. The molecule has 38 heavy (non-hydrogen) atoms. The lowest BCUT2D eigenvalue weighted by atomic mass is 9.94. The molecule has 2 amide bonds. The lowest BCUT2D eigenvalue weighted by molar-refractivity contribution is 0.0529. The van der Waals surface area contributed by atoms with Crippen LogP contribution in [0.4, 0.5) is 10.6 Å². The number of aryl methyl sites for hydroxylation is 1. The molecule has 4 rings (SSSR count). The van der Waals surface area contributed by atoms with E-state index in [0.717, 1.165) is 40.1 Å². The van der Waals surface area contributed by atoms with Crippen molar-refractivity contribution >= 4 is 28.9 Å². The molecule has 9 heteroatoms. The van der Waals surface area contributed by atoms with Crippen LogP contribution in [0.5, 0.6) is 0 Å². The minimum atomic E-state index is -0.564. The van der Waals surface area contributed by atoms with Crippen LogP contribution in [0.3, 0.4) is 0 Å². The van der Waals surface area contributed by atoms with Crippen molar-refractivity contribution < 1.29 is 14.3 Å². The van der Waals surface area contributed by atoms with Gasteiger partial charge in [0, 0.05) is 49.0 Å². The molecule has 1 aromatic carbocycles. The normalized spacial score (nSPS) is 14.9. The molecule has 3 N–H and O–H groups in total. The molecule has 3 heterocycles. The maximum Gasteiger partial charge on any atom is 0.407 e. The van der Waals surface area contributed by atoms with Crippen molar-refractivity contribution in [3.05, 3.63) is 66.5 Å². The van der Waals surface area contributed by atoms with E-state index in [1.807, 2.05) is 62.9 Å². The van der Waals surface area contributed by atoms with Gasteiger partial charge in [0.1, 0.15) is 11.1 Å². The summed E-state index contributed by atoms with van der Waals surface area (Å²) in [5, 5.41) is 5.77. The molecule has 1 unspecified atom stereocenters. The molecule has 0 spiro atoms. The summed E-state index contributed by atoms with van der Waals surface area (Å²) < 4.78 is 5.34. The van der Waals surface area contributed by atoms with Crippen LogP contribution >= 0.6 is 0 Å². The van der Waals surface area contributed by atoms with Gasteiger partial charge >= 0.3 is 6.09 Å². The Morgan fingerprint density at radius 3 is 2.74 bits per heavy atom. The van der Waals surface area contributed by atoms with E-state index < -0.39 is 11.7 Å². The van der Waals surface area contributed by atoms with Gasteiger partial charge in [0.05, 0.1) is 16.8 Å². The molecular weight excluding hydrogens is 480 g/mol. The summed E-state index contributed by atoms with van der Waals surface area (Å²) in [7, 11) is 0. The average Bonchev–Trinajstić information content (AvgIpc) is 3.30. The fraction of sp³-hybridized carbons (Fsp3) is 0.379. The van der Waals surface area contributed by atoms with Gasteiger partial charge in [-0.25, -0.2) is 14.8 Å². The Balaban J connectivity index is 1.67. The number of amides is 2. The second-order valence-electron chi connectivity index (χ2n) is 10.4. The predicted octanol–water partition coefficient (Wildman–Crippen LogP) is 4.85. The van der Waals surface area contributed by atoms with Gasteiger partial charge in [-0.3, -0.25) is 4.79 Å². The molecular formula is C29H36N6O3.